The van der Waals surface area contributed by atoms with Gasteiger partial charge in [0.05, 0.1) is 6.04 Å². The van der Waals surface area contributed by atoms with Crippen LogP contribution in [0.3, 0.4) is 0 Å². The normalized spacial score (nSPS) is 15.0. The van der Waals surface area contributed by atoms with Crippen LogP contribution in [0.5, 0.6) is 11.5 Å². The first-order valence-corrected chi connectivity index (χ1v) is 8.34. The molecule has 0 fully saturated rings. The van der Waals surface area contributed by atoms with E-state index in [0.717, 1.165) is 24.5 Å². The van der Waals surface area contributed by atoms with Crippen molar-refractivity contribution < 1.29 is 9.47 Å². The van der Waals surface area contributed by atoms with E-state index < -0.39 is 0 Å². The third-order valence-electron chi connectivity index (χ3n) is 3.71. The summed E-state index contributed by atoms with van der Waals surface area (Å²) in [6.45, 7) is 6.62. The Labute approximate surface area is 129 Å². The molecule has 2 aromatic rings. The number of hydrogen-bond donors (Lipinski definition) is 1. The third-order valence-corrected chi connectivity index (χ3v) is 4.57. The third kappa shape index (κ3) is 3.06. The van der Waals surface area contributed by atoms with Crippen LogP contribution in [0.15, 0.2) is 29.6 Å². The van der Waals surface area contributed by atoms with Crippen LogP contribution in [0.25, 0.3) is 0 Å². The zero-order valence-electron chi connectivity index (χ0n) is 12.5. The first-order chi connectivity index (χ1) is 10.3. The van der Waals surface area contributed by atoms with Crippen molar-refractivity contribution in [2.24, 2.45) is 0 Å². The standard InChI is InChI=1S/C17H21NO2S/c1-3-7-18-17(14-6-10-21-12(14)2)13-4-5-15-16(11-13)20-9-8-19-15/h4-6,10-11,17-18H,3,7-9H2,1-2H3. The van der Waals surface area contributed by atoms with Gasteiger partial charge in [-0.15, -0.1) is 11.3 Å². The maximum atomic E-state index is 5.72. The summed E-state index contributed by atoms with van der Waals surface area (Å²) in [4.78, 5) is 1.36. The van der Waals surface area contributed by atoms with Gasteiger partial charge in [0.1, 0.15) is 13.2 Å². The van der Waals surface area contributed by atoms with Crippen molar-refractivity contribution >= 4 is 11.3 Å². The molecule has 4 heteroatoms. The van der Waals surface area contributed by atoms with Crippen LogP contribution in [-0.2, 0) is 0 Å². The van der Waals surface area contributed by atoms with Gasteiger partial charge in [0, 0.05) is 4.88 Å². The molecule has 1 aromatic heterocycles. The van der Waals surface area contributed by atoms with Gasteiger partial charge in [0.2, 0.25) is 0 Å². The molecule has 2 heterocycles. The molecule has 1 atom stereocenters. The van der Waals surface area contributed by atoms with Crippen molar-refractivity contribution in [2.45, 2.75) is 26.3 Å². The highest BCUT2D eigenvalue weighted by molar-refractivity contribution is 7.10. The molecule has 112 valence electrons. The second-order valence-corrected chi connectivity index (χ2v) is 6.34. The molecule has 1 unspecified atom stereocenters. The Morgan fingerprint density at radius 2 is 2.00 bits per heavy atom. The minimum Gasteiger partial charge on any atom is -0.486 e. The topological polar surface area (TPSA) is 30.5 Å². The Bertz CT molecular complexity index is 609. The van der Waals surface area contributed by atoms with Crippen LogP contribution in [0.2, 0.25) is 0 Å². The van der Waals surface area contributed by atoms with E-state index in [4.69, 9.17) is 9.47 Å². The lowest BCUT2D eigenvalue weighted by atomic mass is 9.98. The van der Waals surface area contributed by atoms with Crippen LogP contribution >= 0.6 is 11.3 Å². The van der Waals surface area contributed by atoms with Gasteiger partial charge in [-0.1, -0.05) is 13.0 Å². The summed E-state index contributed by atoms with van der Waals surface area (Å²) in [5.74, 6) is 1.70. The number of ether oxygens (including phenoxy) is 2. The van der Waals surface area contributed by atoms with Crippen molar-refractivity contribution in [3.63, 3.8) is 0 Å². The van der Waals surface area contributed by atoms with E-state index in [1.165, 1.54) is 16.0 Å². The number of thiophene rings is 1. The largest absolute Gasteiger partial charge is 0.486 e. The Morgan fingerprint density at radius 3 is 2.71 bits per heavy atom. The molecule has 0 saturated carbocycles. The highest BCUT2D eigenvalue weighted by Crippen LogP contribution is 2.35. The minimum atomic E-state index is 0.215. The molecule has 3 rings (SSSR count). The fourth-order valence-corrected chi connectivity index (χ4v) is 3.37. The Kier molecular flexibility index (Phi) is 4.46. The maximum absolute atomic E-state index is 5.72. The smallest absolute Gasteiger partial charge is 0.161 e. The van der Waals surface area contributed by atoms with Crippen LogP contribution in [0, 0.1) is 6.92 Å². The molecule has 1 aliphatic heterocycles. The molecule has 0 bridgehead atoms. The number of rotatable bonds is 5. The van der Waals surface area contributed by atoms with Crippen molar-refractivity contribution in [1.29, 1.82) is 0 Å². The fourth-order valence-electron chi connectivity index (χ4n) is 2.63. The zero-order chi connectivity index (χ0) is 14.7. The number of hydrogen-bond acceptors (Lipinski definition) is 4. The van der Waals surface area contributed by atoms with E-state index >= 15 is 0 Å². The summed E-state index contributed by atoms with van der Waals surface area (Å²) in [5.41, 5.74) is 2.58. The van der Waals surface area contributed by atoms with Gasteiger partial charge >= 0.3 is 0 Å². The van der Waals surface area contributed by atoms with E-state index in [-0.39, 0.29) is 6.04 Å². The van der Waals surface area contributed by atoms with Crippen LogP contribution in [0.4, 0.5) is 0 Å². The van der Waals surface area contributed by atoms with Gasteiger partial charge in [0.25, 0.3) is 0 Å². The van der Waals surface area contributed by atoms with Gasteiger partial charge in [0.15, 0.2) is 11.5 Å². The molecule has 0 spiro atoms. The predicted molar refractivity (Wildman–Crippen MR) is 86.6 cm³/mol. The molecule has 0 saturated heterocycles. The average Bonchev–Trinajstić information content (AvgIpc) is 2.94. The second kappa shape index (κ2) is 6.50. The van der Waals surface area contributed by atoms with Crippen molar-refractivity contribution in [1.82, 2.24) is 5.32 Å². The molecule has 0 radical (unpaired) electrons. The highest BCUT2D eigenvalue weighted by Gasteiger charge is 2.19. The van der Waals surface area contributed by atoms with Crippen molar-refractivity contribution in [3.05, 3.63) is 45.6 Å². The Balaban J connectivity index is 1.94. The van der Waals surface area contributed by atoms with Gasteiger partial charge in [-0.05, 0) is 54.6 Å². The average molecular weight is 303 g/mol. The molecular formula is C17H21NO2S. The van der Waals surface area contributed by atoms with E-state index in [9.17, 15) is 0 Å². The lowest BCUT2D eigenvalue weighted by Crippen LogP contribution is -2.24. The van der Waals surface area contributed by atoms with Gasteiger partial charge in [-0.25, -0.2) is 0 Å². The molecule has 21 heavy (non-hydrogen) atoms. The summed E-state index contributed by atoms with van der Waals surface area (Å²) in [6, 6.07) is 8.69. The molecular weight excluding hydrogens is 282 g/mol. The van der Waals surface area contributed by atoms with Crippen LogP contribution in [-0.4, -0.2) is 19.8 Å². The van der Waals surface area contributed by atoms with Gasteiger partial charge in [-0.2, -0.15) is 0 Å². The van der Waals surface area contributed by atoms with Gasteiger partial charge < -0.3 is 14.8 Å². The summed E-state index contributed by atoms with van der Waals surface area (Å²) >= 11 is 1.79. The number of benzene rings is 1. The monoisotopic (exact) mass is 303 g/mol. The van der Waals surface area contributed by atoms with E-state index in [2.05, 4.69) is 42.7 Å². The van der Waals surface area contributed by atoms with E-state index in [0.29, 0.717) is 13.2 Å². The summed E-state index contributed by atoms with van der Waals surface area (Å²) in [5, 5.41) is 5.80. The first kappa shape index (κ1) is 14.4. The number of aryl methyl sites for hydroxylation is 1. The molecule has 1 aliphatic rings. The molecule has 1 aromatic carbocycles. The quantitative estimate of drug-likeness (QED) is 0.908. The summed E-state index contributed by atoms with van der Waals surface area (Å²) in [6.07, 6.45) is 1.12. The molecule has 0 aliphatic carbocycles. The highest BCUT2D eigenvalue weighted by atomic mass is 32.1. The predicted octanol–water partition coefficient (Wildman–Crippen LogP) is 3.92. The molecule has 3 nitrogen and oxygen atoms in total. The second-order valence-electron chi connectivity index (χ2n) is 5.22. The molecule has 0 amide bonds. The maximum Gasteiger partial charge on any atom is 0.161 e. The van der Waals surface area contributed by atoms with E-state index in [1.54, 1.807) is 11.3 Å². The number of nitrogens with one attached hydrogen (secondary N) is 1. The minimum absolute atomic E-state index is 0.215. The first-order valence-electron chi connectivity index (χ1n) is 7.46. The van der Waals surface area contributed by atoms with Crippen LogP contribution in [0.1, 0.15) is 35.4 Å². The summed E-state index contributed by atoms with van der Waals surface area (Å²) < 4.78 is 11.3. The lowest BCUT2D eigenvalue weighted by molar-refractivity contribution is 0.171. The molecule has 1 N–H and O–H groups in total. The van der Waals surface area contributed by atoms with Crippen molar-refractivity contribution in [2.75, 3.05) is 19.8 Å². The SMILES string of the molecule is CCCNC(c1ccc2c(c1)OCCO2)c1ccsc1C. The van der Waals surface area contributed by atoms with Crippen molar-refractivity contribution in [3.8, 4) is 11.5 Å². The van der Waals surface area contributed by atoms with E-state index in [1.807, 2.05) is 6.07 Å². The summed E-state index contributed by atoms with van der Waals surface area (Å²) in [7, 11) is 0. The van der Waals surface area contributed by atoms with Crippen LogP contribution < -0.4 is 14.8 Å². The lowest BCUT2D eigenvalue weighted by Gasteiger charge is -2.23. The Hall–Kier alpha value is -1.52. The number of fused-ring (bicyclic) bond motifs is 1. The fraction of sp³-hybridized carbons (Fsp3) is 0.412. The zero-order valence-corrected chi connectivity index (χ0v) is 13.3. The van der Waals surface area contributed by atoms with Gasteiger partial charge in [-0.3, -0.25) is 0 Å². The Morgan fingerprint density at radius 1 is 1.19 bits per heavy atom.